The summed E-state index contributed by atoms with van der Waals surface area (Å²) >= 11 is 0. The lowest BCUT2D eigenvalue weighted by molar-refractivity contribution is -0.162. The fraction of sp³-hybridized carbons (Fsp3) is 0.904. The summed E-state index contributed by atoms with van der Waals surface area (Å²) in [5.41, 5.74) is 0. The van der Waals surface area contributed by atoms with Gasteiger partial charge in [-0.15, -0.1) is 6.58 Å². The summed E-state index contributed by atoms with van der Waals surface area (Å²) in [6.45, 7) is 61.4. The Morgan fingerprint density at radius 3 is 1.06 bits per heavy atom. The van der Waals surface area contributed by atoms with Gasteiger partial charge in [0.1, 0.15) is 56.4 Å². The van der Waals surface area contributed by atoms with Crippen LogP contribution in [0.1, 0.15) is 278 Å². The summed E-state index contributed by atoms with van der Waals surface area (Å²) in [4.78, 5) is 66.1. The molecule has 8 fully saturated rings. The average molecular weight is 1570 g/mol. The minimum absolute atomic E-state index is 0.0252. The van der Waals surface area contributed by atoms with E-state index in [1.165, 1.54) is 74.3 Å². The van der Waals surface area contributed by atoms with Crippen molar-refractivity contribution in [3.63, 3.8) is 0 Å². The molecule has 5 aliphatic heterocycles. The van der Waals surface area contributed by atoms with Gasteiger partial charge in [0.2, 0.25) is 0 Å². The van der Waals surface area contributed by atoms with Gasteiger partial charge < -0.3 is 96.2 Å². The van der Waals surface area contributed by atoms with Crippen molar-refractivity contribution >= 4 is 35.8 Å². The molecule has 8 rings (SSSR count). The van der Waals surface area contributed by atoms with E-state index in [0.717, 1.165) is 44.9 Å². The van der Waals surface area contributed by atoms with E-state index in [4.69, 9.17) is 86.0 Å². The third-order valence-electron chi connectivity index (χ3n) is 18.3. The molecular formula is C83H160O26. The third kappa shape index (κ3) is 41.7. The van der Waals surface area contributed by atoms with Gasteiger partial charge in [0.25, 0.3) is 0 Å². The second-order valence-corrected chi connectivity index (χ2v) is 27.8. The zero-order chi connectivity index (χ0) is 85.1. The maximum atomic E-state index is 11.3. The molecule has 0 spiro atoms. The van der Waals surface area contributed by atoms with E-state index in [-0.39, 0.29) is 129 Å². The fourth-order valence-electron chi connectivity index (χ4n) is 13.6. The smallest absolute Gasteiger partial charge is 0.303 e. The molecule has 3 saturated carbocycles. The van der Waals surface area contributed by atoms with Crippen molar-refractivity contribution in [3.8, 4) is 0 Å². The molecule has 26 heteroatoms. The predicted octanol–water partition coefficient (Wildman–Crippen LogP) is 13.8. The first-order chi connectivity index (χ1) is 51.6. The molecule has 24 atom stereocenters. The number of rotatable bonds is 25. The summed E-state index contributed by atoms with van der Waals surface area (Å²) in [6, 6.07) is 0. The van der Waals surface area contributed by atoms with Gasteiger partial charge in [0.05, 0.1) is 54.9 Å². The van der Waals surface area contributed by atoms with Crippen LogP contribution in [0.3, 0.4) is 0 Å². The Bertz CT molecular complexity index is 2340. The number of fused-ring (bicyclic) bond motifs is 2. The van der Waals surface area contributed by atoms with Crippen LogP contribution in [0.5, 0.6) is 0 Å². The molecular weight excluding hydrogens is 1410 g/mol. The molecule has 5 saturated heterocycles. The third-order valence-corrected chi connectivity index (χ3v) is 18.3. The van der Waals surface area contributed by atoms with Crippen LogP contribution in [0, 0.1) is 35.5 Å². The van der Waals surface area contributed by atoms with Crippen LogP contribution in [0.2, 0.25) is 0 Å². The van der Waals surface area contributed by atoms with Gasteiger partial charge in [0.15, 0.2) is 29.9 Å². The Hall–Kier alpha value is -4.00. The van der Waals surface area contributed by atoms with Gasteiger partial charge in [0, 0.05) is 92.8 Å². The topological polar surface area (TPSA) is 331 Å². The van der Waals surface area contributed by atoms with Gasteiger partial charge in [-0.1, -0.05) is 162 Å². The normalized spacial score (nSPS) is 32.3. The lowest BCUT2D eigenvalue weighted by Gasteiger charge is -2.23. The van der Waals surface area contributed by atoms with Crippen LogP contribution in [0.25, 0.3) is 0 Å². The summed E-state index contributed by atoms with van der Waals surface area (Å²) in [7, 11) is 1.50. The number of aliphatic hydroxyl groups is 4. The van der Waals surface area contributed by atoms with E-state index in [0.29, 0.717) is 31.0 Å². The first kappa shape index (κ1) is 111. The van der Waals surface area contributed by atoms with Crippen molar-refractivity contribution in [2.45, 2.75) is 400 Å². The molecule has 0 bridgehead atoms. The molecule has 0 radical (unpaired) electrons. The standard InChI is InChI=1S/C18H32O6.C14H24O6.C11H18O6.C11H18O2.C10H18O3.C7H14O3.6C2H6/c1-5-6-7-8-9-10-11-21-18-16(12-22-14(3)19)23-13(2)17(18)24-15(4)20;1-5-6-7-17-14-12(8-18-10(3)15)19-9(2)13(14)20-11(4)16;1-6-10(17-8(3)13)11(14-4)9(16-6)5-15-7(2)12;1-5-8-6-7(2)9-10(8)13-11(3,4)12-9;1-6-4-7(5-11)9-8(6)12-10(2,3)13-9;1-4-2-5(3-8)7(10)6(4)9;6*1-2/h13,16-18H,5-12H2,1-4H3;9,12-14H,5-8H2,1-4H3;6,9-11H,5H2,1-4H3;5,7-10H,1,6H2,2-4H3;6-9,11H,4-5H2,1-3H3;4-10H,2-3H2,1H3;6*1-2H3/t13-,16+,17-,18-;9-,12+,13-,14-;6-,9+,10-,11-;7-,8+,9+,10-;6-,7-,8+,9-;4-,5-,6+,7-;;;;;;/m000111....../s1. The van der Waals surface area contributed by atoms with Crippen LogP contribution in [0.4, 0.5) is 0 Å². The van der Waals surface area contributed by atoms with E-state index >= 15 is 0 Å². The molecule has 4 N–H and O–H groups in total. The Balaban J connectivity index is -0.000000599. The quantitative estimate of drug-likeness (QED) is 0.0285. The van der Waals surface area contributed by atoms with Crippen LogP contribution < -0.4 is 0 Å². The first-order valence-corrected chi connectivity index (χ1v) is 41.1. The van der Waals surface area contributed by atoms with Crippen LogP contribution >= 0.6 is 0 Å². The van der Waals surface area contributed by atoms with Crippen molar-refractivity contribution < 1.29 is 125 Å². The maximum absolute atomic E-state index is 11.3. The molecule has 109 heavy (non-hydrogen) atoms. The molecule has 26 nitrogen and oxygen atoms in total. The van der Waals surface area contributed by atoms with Crippen molar-refractivity contribution in [1.82, 2.24) is 0 Å². The lowest BCUT2D eigenvalue weighted by atomic mass is 10.1. The highest BCUT2D eigenvalue weighted by Gasteiger charge is 2.54. The average Bonchev–Trinajstić information content (AvgIpc) is 1.63. The summed E-state index contributed by atoms with van der Waals surface area (Å²) < 4.78 is 87.9. The second kappa shape index (κ2) is 62.4. The Labute approximate surface area is 659 Å². The Kier molecular flexibility index (Phi) is 63.7. The minimum atomic E-state index is -0.722. The molecule has 5 heterocycles. The number of carbonyl (C=O) groups excluding carboxylic acids is 6. The number of unbranched alkanes of at least 4 members (excludes halogenated alkanes) is 6. The van der Waals surface area contributed by atoms with E-state index < -0.39 is 78.7 Å². The fourth-order valence-corrected chi connectivity index (χ4v) is 13.6. The second-order valence-electron chi connectivity index (χ2n) is 27.8. The molecule has 3 aliphatic carbocycles. The summed E-state index contributed by atoms with van der Waals surface area (Å²) in [5.74, 6) is -1.27. The van der Waals surface area contributed by atoms with Gasteiger partial charge in [-0.3, -0.25) is 28.8 Å². The maximum Gasteiger partial charge on any atom is 0.303 e. The first-order valence-electron chi connectivity index (χ1n) is 41.1. The summed E-state index contributed by atoms with van der Waals surface area (Å²) in [5, 5.41) is 36.3. The SMILES string of the molecule is C=C[C@H]1C[C@@H](C)[C@@H]2OC(C)(C)O[C@@H]21.CC.CC.CC.CC.CC.CC.CCCCCCCCO[C@@H]1[C@@H](OC(C)=O)[C@H](C)O[C@@H]1COC(C)=O.CCCCO[C@@H]1[C@@H](OC(C)=O)[C@H](C)O[C@@H]1COC(C)=O.CO[C@@H]1[C@@H](OC(C)=O)[C@H](C)O[C@@H]1COC(C)=O.C[C@@H]1C[C@H](CO)[C@@H](O)[C@H]1O.C[C@@H]1C[C@H](CO)[C@H]2OC(C)(C)O[C@H]21. The number of methoxy groups -OCH3 is 1. The Morgan fingerprint density at radius 2 is 0.734 bits per heavy atom. The largest absolute Gasteiger partial charge is 0.463 e. The number of hydrogen-bond donors (Lipinski definition) is 4. The summed E-state index contributed by atoms with van der Waals surface area (Å²) in [6.07, 6.45) is 8.57. The molecule has 648 valence electrons. The van der Waals surface area contributed by atoms with Gasteiger partial charge >= 0.3 is 35.8 Å². The van der Waals surface area contributed by atoms with E-state index in [9.17, 15) is 39.0 Å². The van der Waals surface area contributed by atoms with Crippen molar-refractivity contribution in [2.24, 2.45) is 35.5 Å². The monoisotopic (exact) mass is 1570 g/mol. The van der Waals surface area contributed by atoms with Gasteiger partial charge in [-0.25, -0.2) is 0 Å². The molecule has 0 aromatic heterocycles. The number of hydrogen-bond acceptors (Lipinski definition) is 26. The number of ether oxygens (including phenoxy) is 16. The predicted molar refractivity (Wildman–Crippen MR) is 422 cm³/mol. The zero-order valence-corrected chi connectivity index (χ0v) is 73.6. The molecule has 0 unspecified atom stereocenters. The van der Waals surface area contributed by atoms with Crippen LogP contribution in [-0.4, -0.2) is 231 Å². The minimum Gasteiger partial charge on any atom is -0.463 e. The highest BCUT2D eigenvalue weighted by atomic mass is 16.8. The number of carbonyl (C=O) groups is 6. The van der Waals surface area contributed by atoms with Crippen LogP contribution in [-0.2, 0) is 105 Å². The highest BCUT2D eigenvalue weighted by Crippen LogP contribution is 2.46. The van der Waals surface area contributed by atoms with E-state index in [1.54, 1.807) is 6.92 Å². The molecule has 0 aromatic carbocycles. The van der Waals surface area contributed by atoms with Crippen molar-refractivity contribution in [1.29, 1.82) is 0 Å². The van der Waals surface area contributed by atoms with E-state index in [1.807, 2.05) is 138 Å². The lowest BCUT2D eigenvalue weighted by Crippen LogP contribution is -2.40. The Morgan fingerprint density at radius 1 is 0.413 bits per heavy atom. The van der Waals surface area contributed by atoms with Gasteiger partial charge in [-0.05, 0) is 98.3 Å². The van der Waals surface area contributed by atoms with E-state index in [2.05, 4.69) is 34.3 Å². The zero-order valence-electron chi connectivity index (χ0n) is 73.6. The van der Waals surface area contributed by atoms with Crippen molar-refractivity contribution in [3.05, 3.63) is 12.7 Å². The number of aliphatic hydroxyl groups excluding tert-OH is 4. The van der Waals surface area contributed by atoms with Crippen LogP contribution in [0.15, 0.2) is 12.7 Å². The molecule has 0 amide bonds. The molecule has 0 aromatic rings. The van der Waals surface area contributed by atoms with Crippen molar-refractivity contribution in [2.75, 3.05) is 53.4 Å². The molecule has 8 aliphatic rings. The number of esters is 6. The highest BCUT2D eigenvalue weighted by molar-refractivity contribution is 5.68. The van der Waals surface area contributed by atoms with Gasteiger partial charge in [-0.2, -0.15) is 0 Å².